The first-order valence-corrected chi connectivity index (χ1v) is 2.63. The Morgan fingerprint density at radius 1 is 1.75 bits per heavy atom. The molecule has 48 valence electrons. The van der Waals surface area contributed by atoms with Crippen LogP contribution >= 0.6 is 0 Å². The Labute approximate surface area is 49.8 Å². The van der Waals surface area contributed by atoms with Crippen molar-refractivity contribution in [2.75, 3.05) is 6.61 Å². The number of hydrogen-bond acceptors (Lipinski definition) is 2. The van der Waals surface area contributed by atoms with E-state index >= 15 is 0 Å². The van der Waals surface area contributed by atoms with Crippen LogP contribution < -0.4 is 0 Å². The predicted molar refractivity (Wildman–Crippen MR) is 32.6 cm³/mol. The molecule has 0 aromatic heterocycles. The zero-order chi connectivity index (χ0) is 6.57. The van der Waals surface area contributed by atoms with Gasteiger partial charge in [0.1, 0.15) is 0 Å². The van der Waals surface area contributed by atoms with Gasteiger partial charge in [0.2, 0.25) is 0 Å². The van der Waals surface area contributed by atoms with E-state index in [9.17, 15) is 0 Å². The van der Waals surface area contributed by atoms with Crippen molar-refractivity contribution in [1.29, 1.82) is 0 Å². The van der Waals surface area contributed by atoms with Crippen LogP contribution in [0.3, 0.4) is 0 Å². The van der Waals surface area contributed by atoms with Gasteiger partial charge in [-0.25, -0.2) is 0 Å². The Morgan fingerprint density at radius 2 is 2.25 bits per heavy atom. The Bertz CT molecular complexity index is 76.6. The molecular formula is C6H12O2. The molecule has 2 heteroatoms. The van der Waals surface area contributed by atoms with Gasteiger partial charge in [-0.05, 0) is 12.5 Å². The van der Waals surface area contributed by atoms with E-state index in [0.29, 0.717) is 12.5 Å². The van der Waals surface area contributed by atoms with Crippen molar-refractivity contribution in [2.24, 2.45) is 5.92 Å². The van der Waals surface area contributed by atoms with Crippen molar-refractivity contribution in [3.05, 3.63) is 12.5 Å². The molecular weight excluding hydrogens is 104 g/mol. The lowest BCUT2D eigenvalue weighted by atomic mass is 10.2. The van der Waals surface area contributed by atoms with Gasteiger partial charge in [-0.2, -0.15) is 0 Å². The molecule has 0 rings (SSSR count). The first kappa shape index (κ1) is 7.34. The molecule has 0 aromatic carbocycles. The summed E-state index contributed by atoms with van der Waals surface area (Å²) in [5.41, 5.74) is 0. The second kappa shape index (κ2) is 3.36. The van der Waals surface area contributed by atoms with Crippen LogP contribution in [0, 0.1) is 5.92 Å². The van der Waals surface area contributed by atoms with Crippen molar-refractivity contribution in [3.63, 3.8) is 0 Å². The fraction of sp³-hybridized carbons (Fsp3) is 0.667. The number of aliphatic hydroxyl groups is 1. The van der Waals surface area contributed by atoms with Gasteiger partial charge in [0.25, 0.3) is 5.95 Å². The van der Waals surface area contributed by atoms with Crippen molar-refractivity contribution in [3.8, 4) is 0 Å². The van der Waals surface area contributed by atoms with Gasteiger partial charge in [0, 0.05) is 0 Å². The van der Waals surface area contributed by atoms with E-state index in [1.807, 2.05) is 13.8 Å². The Kier molecular flexibility index (Phi) is 3.08. The number of hydrogen-bond donors (Lipinski definition) is 1. The van der Waals surface area contributed by atoms with Crippen LogP contribution in [0.15, 0.2) is 12.5 Å². The maximum absolute atomic E-state index is 8.38. The van der Waals surface area contributed by atoms with Crippen LogP contribution in [0.2, 0.25) is 0 Å². The lowest BCUT2D eigenvalue weighted by Crippen LogP contribution is -1.99. The summed E-state index contributed by atoms with van der Waals surface area (Å²) in [5.74, 6) is 0.248. The van der Waals surface area contributed by atoms with Crippen LogP contribution in [0.5, 0.6) is 0 Å². The predicted octanol–water partition coefficient (Wildman–Crippen LogP) is 1.69. The van der Waals surface area contributed by atoms with E-state index < -0.39 is 0 Å². The van der Waals surface area contributed by atoms with E-state index in [2.05, 4.69) is 11.3 Å². The number of ether oxygens (including phenoxy) is 1. The topological polar surface area (TPSA) is 29.5 Å². The summed E-state index contributed by atoms with van der Waals surface area (Å²) in [6, 6.07) is 0. The molecule has 0 aromatic rings. The maximum Gasteiger partial charge on any atom is 0.269 e. The maximum atomic E-state index is 8.38. The van der Waals surface area contributed by atoms with Gasteiger partial charge in [0.15, 0.2) is 0 Å². The highest BCUT2D eigenvalue weighted by atomic mass is 16.6. The number of rotatable bonds is 3. The summed E-state index contributed by atoms with van der Waals surface area (Å²) in [7, 11) is 0. The largest absolute Gasteiger partial charge is 0.481 e. The van der Waals surface area contributed by atoms with Crippen LogP contribution in [0.4, 0.5) is 0 Å². The summed E-state index contributed by atoms with van der Waals surface area (Å²) in [4.78, 5) is 0. The molecule has 0 unspecified atom stereocenters. The van der Waals surface area contributed by atoms with Crippen molar-refractivity contribution in [1.82, 2.24) is 0 Å². The average Bonchev–Trinajstić information content (AvgIpc) is 1.61. The van der Waals surface area contributed by atoms with E-state index in [-0.39, 0.29) is 5.95 Å². The molecule has 0 saturated carbocycles. The van der Waals surface area contributed by atoms with Crippen LogP contribution in [0.25, 0.3) is 0 Å². The second-order valence-electron chi connectivity index (χ2n) is 2.10. The summed E-state index contributed by atoms with van der Waals surface area (Å²) in [6.07, 6.45) is 0. The zero-order valence-corrected chi connectivity index (χ0v) is 5.35. The first-order valence-electron chi connectivity index (χ1n) is 2.63. The van der Waals surface area contributed by atoms with Gasteiger partial charge in [-0.15, -0.1) is 0 Å². The molecule has 0 amide bonds. The number of aliphatic hydroxyl groups excluding tert-OH is 1. The van der Waals surface area contributed by atoms with E-state index in [0.717, 1.165) is 0 Å². The third kappa shape index (κ3) is 5.34. The summed E-state index contributed by atoms with van der Waals surface area (Å²) in [6.45, 7) is 7.70. The Hall–Kier alpha value is -0.660. The van der Waals surface area contributed by atoms with Gasteiger partial charge >= 0.3 is 0 Å². The molecule has 0 atom stereocenters. The van der Waals surface area contributed by atoms with E-state index in [1.165, 1.54) is 0 Å². The molecule has 2 nitrogen and oxygen atoms in total. The Balaban J connectivity index is 3.05. The molecule has 0 aliphatic heterocycles. The molecule has 0 aliphatic rings. The summed E-state index contributed by atoms with van der Waals surface area (Å²) < 4.78 is 4.66. The van der Waals surface area contributed by atoms with Gasteiger partial charge in [-0.1, -0.05) is 13.8 Å². The summed E-state index contributed by atoms with van der Waals surface area (Å²) in [5, 5.41) is 8.38. The highest BCUT2D eigenvalue weighted by molar-refractivity contribution is 4.62. The average molecular weight is 116 g/mol. The van der Waals surface area contributed by atoms with Crippen LogP contribution in [0.1, 0.15) is 13.8 Å². The van der Waals surface area contributed by atoms with Crippen LogP contribution in [-0.4, -0.2) is 11.7 Å². The fourth-order valence-electron chi connectivity index (χ4n) is 0.263. The van der Waals surface area contributed by atoms with Crippen molar-refractivity contribution >= 4 is 0 Å². The third-order valence-corrected chi connectivity index (χ3v) is 0.583. The molecule has 0 saturated heterocycles. The molecule has 1 N–H and O–H groups in total. The van der Waals surface area contributed by atoms with Gasteiger partial charge in [-0.3, -0.25) is 0 Å². The van der Waals surface area contributed by atoms with Gasteiger partial charge in [0.05, 0.1) is 6.61 Å². The fourth-order valence-corrected chi connectivity index (χ4v) is 0.263. The lowest BCUT2D eigenvalue weighted by molar-refractivity contribution is 0.0785. The normalized spacial score (nSPS) is 9.38. The molecule has 0 radical (unpaired) electrons. The summed E-state index contributed by atoms with van der Waals surface area (Å²) >= 11 is 0. The lowest BCUT2D eigenvalue weighted by Gasteiger charge is -2.04. The standard InChI is InChI=1S/C6H12O2/c1-5(2)4-8-6(3)7/h5,7H,3-4H2,1-2H3. The third-order valence-electron chi connectivity index (χ3n) is 0.583. The zero-order valence-electron chi connectivity index (χ0n) is 5.35. The minimum absolute atomic E-state index is 0.196. The first-order chi connectivity index (χ1) is 3.63. The van der Waals surface area contributed by atoms with Crippen molar-refractivity contribution < 1.29 is 9.84 Å². The molecule has 8 heavy (non-hydrogen) atoms. The SMILES string of the molecule is C=C(O)OCC(C)C. The quantitative estimate of drug-likeness (QED) is 0.568. The minimum Gasteiger partial charge on any atom is -0.481 e. The minimum atomic E-state index is -0.196. The smallest absolute Gasteiger partial charge is 0.269 e. The monoisotopic (exact) mass is 116 g/mol. The molecule has 0 bridgehead atoms. The molecule has 0 spiro atoms. The molecule has 0 aliphatic carbocycles. The highest BCUT2D eigenvalue weighted by Crippen LogP contribution is 1.95. The van der Waals surface area contributed by atoms with Crippen molar-refractivity contribution in [2.45, 2.75) is 13.8 Å². The second-order valence-corrected chi connectivity index (χ2v) is 2.10. The highest BCUT2D eigenvalue weighted by Gasteiger charge is 1.92. The van der Waals surface area contributed by atoms with Crippen LogP contribution in [-0.2, 0) is 4.74 Å². The molecule has 0 heterocycles. The van der Waals surface area contributed by atoms with E-state index in [1.54, 1.807) is 0 Å². The molecule has 0 fully saturated rings. The Morgan fingerprint density at radius 3 is 2.38 bits per heavy atom. The van der Waals surface area contributed by atoms with E-state index in [4.69, 9.17) is 5.11 Å². The van der Waals surface area contributed by atoms with Gasteiger partial charge < -0.3 is 9.84 Å².